The average molecular weight is 489 g/mol. The molecular weight excluding hydrogens is 459 g/mol. The second-order valence-corrected chi connectivity index (χ2v) is 8.69. The SMILES string of the molecule is COc1ccc(C(c2nnnn2Cc2ccc(F)cc2)N2CCN(c3ccccc3OC)CC2)cc1. The van der Waals surface area contributed by atoms with Crippen LogP contribution in [0.3, 0.4) is 0 Å². The molecule has 0 amide bonds. The van der Waals surface area contributed by atoms with Crippen LogP contribution in [0.4, 0.5) is 10.1 Å². The average Bonchev–Trinajstić information content (AvgIpc) is 3.38. The highest BCUT2D eigenvalue weighted by Gasteiger charge is 2.31. The second-order valence-electron chi connectivity index (χ2n) is 8.69. The lowest BCUT2D eigenvalue weighted by molar-refractivity contribution is 0.201. The van der Waals surface area contributed by atoms with Crippen molar-refractivity contribution in [3.63, 3.8) is 0 Å². The fourth-order valence-corrected chi connectivity index (χ4v) is 4.70. The molecule has 8 nitrogen and oxygen atoms in total. The molecule has 3 aromatic carbocycles. The first-order valence-corrected chi connectivity index (χ1v) is 11.9. The number of anilines is 1. The number of methoxy groups -OCH3 is 2. The number of benzene rings is 3. The molecule has 1 aliphatic heterocycles. The van der Waals surface area contributed by atoms with Gasteiger partial charge in [-0.15, -0.1) is 5.10 Å². The van der Waals surface area contributed by atoms with Crippen LogP contribution in [0.1, 0.15) is 23.0 Å². The van der Waals surface area contributed by atoms with E-state index in [1.165, 1.54) is 12.1 Å². The van der Waals surface area contributed by atoms with Crippen LogP contribution >= 0.6 is 0 Å². The van der Waals surface area contributed by atoms with E-state index in [1.54, 1.807) is 31.0 Å². The van der Waals surface area contributed by atoms with Gasteiger partial charge in [0.1, 0.15) is 17.3 Å². The van der Waals surface area contributed by atoms with Crippen molar-refractivity contribution >= 4 is 5.69 Å². The maximum Gasteiger partial charge on any atom is 0.173 e. The zero-order valence-electron chi connectivity index (χ0n) is 20.4. The van der Waals surface area contributed by atoms with Gasteiger partial charge in [-0.3, -0.25) is 4.90 Å². The summed E-state index contributed by atoms with van der Waals surface area (Å²) >= 11 is 0. The molecule has 1 aliphatic rings. The Morgan fingerprint density at radius 2 is 1.58 bits per heavy atom. The number of piperazine rings is 1. The van der Waals surface area contributed by atoms with Crippen molar-refractivity contribution in [2.24, 2.45) is 0 Å². The summed E-state index contributed by atoms with van der Waals surface area (Å²) in [6.45, 7) is 3.77. The highest BCUT2D eigenvalue weighted by atomic mass is 19.1. The van der Waals surface area contributed by atoms with E-state index in [0.717, 1.165) is 60.3 Å². The van der Waals surface area contributed by atoms with Crippen LogP contribution in [-0.2, 0) is 6.54 Å². The maximum atomic E-state index is 13.4. The molecule has 0 saturated carbocycles. The molecule has 1 atom stereocenters. The molecule has 0 aliphatic carbocycles. The van der Waals surface area contributed by atoms with Crippen molar-refractivity contribution in [3.8, 4) is 11.5 Å². The predicted octanol–water partition coefficient (Wildman–Crippen LogP) is 3.79. The van der Waals surface area contributed by atoms with E-state index in [2.05, 4.69) is 43.5 Å². The highest BCUT2D eigenvalue weighted by molar-refractivity contribution is 5.58. The van der Waals surface area contributed by atoms with Crippen LogP contribution < -0.4 is 14.4 Å². The van der Waals surface area contributed by atoms with Crippen molar-refractivity contribution in [1.82, 2.24) is 25.1 Å². The minimum atomic E-state index is -0.264. The van der Waals surface area contributed by atoms with Crippen molar-refractivity contribution in [3.05, 3.63) is 95.6 Å². The second kappa shape index (κ2) is 10.7. The lowest BCUT2D eigenvalue weighted by Gasteiger charge is -2.40. The number of tetrazole rings is 1. The number of hydrogen-bond acceptors (Lipinski definition) is 7. The molecular formula is C27H29FN6O2. The molecule has 5 rings (SSSR count). The van der Waals surface area contributed by atoms with Crippen LogP contribution in [0, 0.1) is 5.82 Å². The number of para-hydroxylation sites is 2. The summed E-state index contributed by atoms with van der Waals surface area (Å²) in [6.07, 6.45) is 0. The lowest BCUT2D eigenvalue weighted by Crippen LogP contribution is -2.48. The van der Waals surface area contributed by atoms with Gasteiger partial charge in [-0.25, -0.2) is 9.07 Å². The Morgan fingerprint density at radius 3 is 2.28 bits per heavy atom. The van der Waals surface area contributed by atoms with Gasteiger partial charge >= 0.3 is 0 Å². The number of rotatable bonds is 8. The van der Waals surface area contributed by atoms with Gasteiger partial charge in [0.2, 0.25) is 0 Å². The minimum absolute atomic E-state index is 0.147. The fourth-order valence-electron chi connectivity index (χ4n) is 4.70. The first kappa shape index (κ1) is 23.7. The maximum absolute atomic E-state index is 13.4. The van der Waals surface area contributed by atoms with Crippen LogP contribution in [0.5, 0.6) is 11.5 Å². The van der Waals surface area contributed by atoms with Gasteiger partial charge in [0.15, 0.2) is 5.82 Å². The van der Waals surface area contributed by atoms with E-state index in [4.69, 9.17) is 9.47 Å². The summed E-state index contributed by atoms with van der Waals surface area (Å²) in [6, 6.07) is 22.4. The van der Waals surface area contributed by atoms with Crippen molar-refractivity contribution in [1.29, 1.82) is 0 Å². The summed E-state index contributed by atoms with van der Waals surface area (Å²) < 4.78 is 26.2. The van der Waals surface area contributed by atoms with Gasteiger partial charge in [-0.05, 0) is 58.0 Å². The Morgan fingerprint density at radius 1 is 0.861 bits per heavy atom. The van der Waals surface area contributed by atoms with Gasteiger partial charge < -0.3 is 14.4 Å². The number of hydrogen-bond donors (Lipinski definition) is 0. The van der Waals surface area contributed by atoms with E-state index in [1.807, 2.05) is 30.3 Å². The molecule has 1 unspecified atom stereocenters. The number of ether oxygens (including phenoxy) is 2. The molecule has 36 heavy (non-hydrogen) atoms. The Bertz CT molecular complexity index is 1270. The minimum Gasteiger partial charge on any atom is -0.497 e. The quantitative estimate of drug-likeness (QED) is 0.374. The topological polar surface area (TPSA) is 68.5 Å². The van der Waals surface area contributed by atoms with Crippen molar-refractivity contribution < 1.29 is 13.9 Å². The fraction of sp³-hybridized carbons (Fsp3) is 0.296. The summed E-state index contributed by atoms with van der Waals surface area (Å²) in [5, 5.41) is 12.7. The standard InChI is InChI=1S/C27H29FN6O2/c1-35-23-13-9-21(10-14-23)26(27-29-30-31-34(27)19-20-7-11-22(28)12-8-20)33-17-15-32(16-18-33)24-5-3-4-6-25(24)36-2/h3-14,26H,15-19H2,1-2H3. The Hall–Kier alpha value is -3.98. The third kappa shape index (κ3) is 5.01. The highest BCUT2D eigenvalue weighted by Crippen LogP contribution is 2.33. The zero-order valence-corrected chi connectivity index (χ0v) is 20.4. The third-order valence-corrected chi connectivity index (χ3v) is 6.59. The molecule has 4 aromatic rings. The Kier molecular flexibility index (Phi) is 7.08. The molecule has 0 radical (unpaired) electrons. The van der Waals surface area contributed by atoms with Gasteiger partial charge in [0, 0.05) is 26.2 Å². The van der Waals surface area contributed by atoms with Gasteiger partial charge in [0.05, 0.1) is 32.5 Å². The van der Waals surface area contributed by atoms with Gasteiger partial charge in [-0.2, -0.15) is 0 Å². The van der Waals surface area contributed by atoms with Crippen LogP contribution in [0.25, 0.3) is 0 Å². The van der Waals surface area contributed by atoms with Crippen molar-refractivity contribution in [2.75, 3.05) is 45.3 Å². The summed E-state index contributed by atoms with van der Waals surface area (Å²) in [7, 11) is 3.36. The summed E-state index contributed by atoms with van der Waals surface area (Å²) in [5.74, 6) is 2.15. The molecule has 186 valence electrons. The van der Waals surface area contributed by atoms with Crippen LogP contribution in [0.2, 0.25) is 0 Å². The molecule has 2 heterocycles. The molecule has 0 N–H and O–H groups in total. The van der Waals surface area contributed by atoms with Crippen LogP contribution in [-0.4, -0.2) is 65.5 Å². The molecule has 1 saturated heterocycles. The van der Waals surface area contributed by atoms with Gasteiger partial charge in [-0.1, -0.05) is 36.4 Å². The van der Waals surface area contributed by atoms with E-state index < -0.39 is 0 Å². The smallest absolute Gasteiger partial charge is 0.173 e. The Balaban J connectivity index is 1.43. The number of halogens is 1. The lowest BCUT2D eigenvalue weighted by atomic mass is 10.0. The van der Waals surface area contributed by atoms with E-state index in [-0.39, 0.29) is 11.9 Å². The normalized spacial score (nSPS) is 15.0. The zero-order chi connectivity index (χ0) is 24.9. The first-order valence-electron chi connectivity index (χ1n) is 11.9. The van der Waals surface area contributed by atoms with E-state index >= 15 is 0 Å². The third-order valence-electron chi connectivity index (χ3n) is 6.59. The predicted molar refractivity (Wildman–Crippen MR) is 135 cm³/mol. The monoisotopic (exact) mass is 488 g/mol. The largest absolute Gasteiger partial charge is 0.497 e. The summed E-state index contributed by atoms with van der Waals surface area (Å²) in [4.78, 5) is 4.75. The van der Waals surface area contributed by atoms with E-state index in [9.17, 15) is 4.39 Å². The number of nitrogens with zero attached hydrogens (tertiary/aromatic N) is 6. The molecule has 1 fully saturated rings. The Labute approximate surface area is 209 Å². The first-order chi connectivity index (χ1) is 17.7. The summed E-state index contributed by atoms with van der Waals surface area (Å²) in [5.41, 5.74) is 3.11. The van der Waals surface area contributed by atoms with Gasteiger partial charge in [0.25, 0.3) is 0 Å². The van der Waals surface area contributed by atoms with Crippen LogP contribution in [0.15, 0.2) is 72.8 Å². The molecule has 0 bridgehead atoms. The van der Waals surface area contributed by atoms with Crippen molar-refractivity contribution in [2.45, 2.75) is 12.6 Å². The molecule has 0 spiro atoms. The number of aromatic nitrogens is 4. The van der Waals surface area contributed by atoms with E-state index in [0.29, 0.717) is 6.54 Å². The molecule has 1 aromatic heterocycles. The molecule has 9 heteroatoms.